The zero-order chi connectivity index (χ0) is 20.6. The molecule has 0 radical (unpaired) electrons. The zero-order valence-corrected chi connectivity index (χ0v) is 17.8. The summed E-state index contributed by atoms with van der Waals surface area (Å²) in [5.74, 6) is 0. The first-order valence-electron chi connectivity index (χ1n) is 10.5. The van der Waals surface area contributed by atoms with Gasteiger partial charge >= 0.3 is 0 Å². The first-order valence-corrected chi connectivity index (χ1v) is 11.4. The Hall–Kier alpha value is -3.68. The van der Waals surface area contributed by atoms with Crippen molar-refractivity contribution in [2.75, 3.05) is 0 Å². The number of rotatable bonds is 3. The molecule has 0 spiro atoms. The maximum absolute atomic E-state index is 2.36. The number of thiophene rings is 1. The summed E-state index contributed by atoms with van der Waals surface area (Å²) in [4.78, 5) is 0. The summed E-state index contributed by atoms with van der Waals surface area (Å²) in [6.45, 7) is 0. The molecule has 0 nitrogen and oxygen atoms in total. The molecule has 31 heavy (non-hydrogen) atoms. The van der Waals surface area contributed by atoms with Crippen LogP contribution in [0, 0.1) is 0 Å². The van der Waals surface area contributed by atoms with Gasteiger partial charge < -0.3 is 0 Å². The van der Waals surface area contributed by atoms with Gasteiger partial charge in [-0.05, 0) is 39.9 Å². The molecule has 0 bridgehead atoms. The van der Waals surface area contributed by atoms with Gasteiger partial charge in [0.1, 0.15) is 0 Å². The van der Waals surface area contributed by atoms with Crippen LogP contribution in [0.25, 0.3) is 53.6 Å². The van der Waals surface area contributed by atoms with Crippen LogP contribution in [0.2, 0.25) is 0 Å². The molecule has 0 amide bonds. The predicted molar refractivity (Wildman–Crippen MR) is 136 cm³/mol. The van der Waals surface area contributed by atoms with Crippen molar-refractivity contribution < 1.29 is 0 Å². The molecule has 0 saturated heterocycles. The molecule has 5 aromatic carbocycles. The highest BCUT2D eigenvalue weighted by atomic mass is 32.1. The highest BCUT2D eigenvalue weighted by Gasteiger charge is 2.15. The first-order chi connectivity index (χ1) is 15.4. The van der Waals surface area contributed by atoms with Gasteiger partial charge in [0.15, 0.2) is 0 Å². The summed E-state index contributed by atoms with van der Waals surface area (Å²) in [7, 11) is 0. The van der Waals surface area contributed by atoms with Gasteiger partial charge in [-0.25, -0.2) is 0 Å². The number of hydrogen-bond acceptors (Lipinski definition) is 1. The van der Waals surface area contributed by atoms with Crippen LogP contribution in [0.1, 0.15) is 0 Å². The topological polar surface area (TPSA) is 0 Å². The first kappa shape index (κ1) is 18.1. The highest BCUT2D eigenvalue weighted by molar-refractivity contribution is 7.26. The molecular weight excluding hydrogens is 392 g/mol. The van der Waals surface area contributed by atoms with Crippen LogP contribution in [0.4, 0.5) is 0 Å². The van der Waals surface area contributed by atoms with E-state index in [2.05, 4.69) is 121 Å². The summed E-state index contributed by atoms with van der Waals surface area (Å²) >= 11 is 1.89. The lowest BCUT2D eigenvalue weighted by atomic mass is 9.90. The van der Waals surface area contributed by atoms with Crippen molar-refractivity contribution in [1.29, 1.82) is 0 Å². The van der Waals surface area contributed by atoms with Crippen LogP contribution in [-0.2, 0) is 0 Å². The average molecular weight is 413 g/mol. The number of hydrogen-bond donors (Lipinski definition) is 0. The molecule has 0 N–H and O–H groups in total. The Morgan fingerprint density at radius 1 is 0.387 bits per heavy atom. The van der Waals surface area contributed by atoms with Crippen LogP contribution in [0.15, 0.2) is 121 Å². The van der Waals surface area contributed by atoms with E-state index in [0.29, 0.717) is 0 Å². The SMILES string of the molecule is c1ccc(-c2ccc(-c3ccccc3)c(-c3cccc4c3sc3ccccc34)c2)cc1. The van der Waals surface area contributed by atoms with Gasteiger partial charge in [0.2, 0.25) is 0 Å². The van der Waals surface area contributed by atoms with Crippen LogP contribution < -0.4 is 0 Å². The summed E-state index contributed by atoms with van der Waals surface area (Å²) in [6, 6.07) is 43.7. The zero-order valence-electron chi connectivity index (χ0n) is 17.0. The molecule has 0 aliphatic heterocycles. The summed E-state index contributed by atoms with van der Waals surface area (Å²) in [5.41, 5.74) is 7.58. The van der Waals surface area contributed by atoms with Crippen LogP contribution in [0.5, 0.6) is 0 Å². The molecule has 0 aliphatic carbocycles. The number of benzene rings is 5. The second kappa shape index (κ2) is 7.54. The van der Waals surface area contributed by atoms with Gasteiger partial charge in [-0.15, -0.1) is 11.3 Å². The van der Waals surface area contributed by atoms with Gasteiger partial charge in [0, 0.05) is 25.7 Å². The van der Waals surface area contributed by atoms with E-state index in [4.69, 9.17) is 0 Å². The number of fused-ring (bicyclic) bond motifs is 3. The maximum atomic E-state index is 2.36. The Morgan fingerprint density at radius 3 is 1.87 bits per heavy atom. The average Bonchev–Trinajstić information content (AvgIpc) is 3.24. The Balaban J connectivity index is 1.67. The Bertz CT molecular complexity index is 1510. The molecule has 0 atom stereocenters. The minimum Gasteiger partial charge on any atom is -0.135 e. The van der Waals surface area contributed by atoms with Crippen molar-refractivity contribution in [3.8, 4) is 33.4 Å². The Kier molecular flexibility index (Phi) is 4.40. The van der Waals surface area contributed by atoms with E-state index in [0.717, 1.165) is 0 Å². The normalized spacial score (nSPS) is 11.2. The smallest absolute Gasteiger partial charge is 0.0434 e. The lowest BCUT2D eigenvalue weighted by Crippen LogP contribution is -1.88. The third-order valence-electron chi connectivity index (χ3n) is 5.91. The summed E-state index contributed by atoms with van der Waals surface area (Å²) in [6.07, 6.45) is 0. The van der Waals surface area contributed by atoms with Gasteiger partial charge in [-0.3, -0.25) is 0 Å². The molecule has 1 heteroatoms. The van der Waals surface area contributed by atoms with Crippen molar-refractivity contribution in [3.63, 3.8) is 0 Å². The summed E-state index contributed by atoms with van der Waals surface area (Å²) in [5, 5.41) is 2.67. The predicted octanol–water partition coefficient (Wildman–Crippen LogP) is 9.06. The minimum absolute atomic E-state index is 1.24. The third-order valence-corrected chi connectivity index (χ3v) is 7.13. The van der Waals surface area contributed by atoms with Crippen molar-refractivity contribution in [1.82, 2.24) is 0 Å². The molecule has 0 saturated carbocycles. The fourth-order valence-electron chi connectivity index (χ4n) is 4.41. The quantitative estimate of drug-likeness (QED) is 0.272. The largest absolute Gasteiger partial charge is 0.135 e. The Morgan fingerprint density at radius 2 is 1.06 bits per heavy atom. The third kappa shape index (κ3) is 3.15. The molecule has 146 valence electrons. The van der Waals surface area contributed by atoms with Crippen LogP contribution in [-0.4, -0.2) is 0 Å². The van der Waals surface area contributed by atoms with E-state index in [1.807, 2.05) is 11.3 Å². The molecule has 1 aromatic heterocycles. The van der Waals surface area contributed by atoms with Gasteiger partial charge in [0.05, 0.1) is 0 Å². The molecule has 0 unspecified atom stereocenters. The van der Waals surface area contributed by atoms with E-state index in [1.165, 1.54) is 53.6 Å². The fourth-order valence-corrected chi connectivity index (χ4v) is 5.64. The van der Waals surface area contributed by atoms with E-state index >= 15 is 0 Å². The van der Waals surface area contributed by atoms with E-state index < -0.39 is 0 Å². The molecule has 1 heterocycles. The lowest BCUT2D eigenvalue weighted by Gasteiger charge is -2.14. The highest BCUT2D eigenvalue weighted by Crippen LogP contribution is 2.43. The van der Waals surface area contributed by atoms with Crippen molar-refractivity contribution >= 4 is 31.5 Å². The Labute approximate surface area is 186 Å². The second-order valence-electron chi connectivity index (χ2n) is 7.77. The molecule has 6 rings (SSSR count). The second-order valence-corrected chi connectivity index (χ2v) is 8.83. The minimum atomic E-state index is 1.24. The van der Waals surface area contributed by atoms with Gasteiger partial charge in [-0.2, -0.15) is 0 Å². The molecule has 0 aliphatic rings. The van der Waals surface area contributed by atoms with Crippen LogP contribution >= 0.6 is 11.3 Å². The van der Waals surface area contributed by atoms with Crippen molar-refractivity contribution in [2.24, 2.45) is 0 Å². The molecule has 6 aromatic rings. The maximum Gasteiger partial charge on any atom is 0.0434 e. The van der Waals surface area contributed by atoms with E-state index in [-0.39, 0.29) is 0 Å². The van der Waals surface area contributed by atoms with E-state index in [1.54, 1.807) is 0 Å². The summed E-state index contributed by atoms with van der Waals surface area (Å²) < 4.78 is 2.69. The fraction of sp³-hybridized carbons (Fsp3) is 0. The monoisotopic (exact) mass is 412 g/mol. The van der Waals surface area contributed by atoms with Crippen molar-refractivity contribution in [3.05, 3.63) is 121 Å². The lowest BCUT2D eigenvalue weighted by molar-refractivity contribution is 1.58. The van der Waals surface area contributed by atoms with E-state index in [9.17, 15) is 0 Å². The van der Waals surface area contributed by atoms with Crippen molar-refractivity contribution in [2.45, 2.75) is 0 Å². The molecule has 0 fully saturated rings. The molecular formula is C30H20S. The standard InChI is InChI=1S/C30H20S/c1-3-10-21(11-4-1)23-18-19-24(22-12-5-2-6-13-22)28(20-23)27-16-9-15-26-25-14-7-8-17-29(25)31-30(26)27/h1-20H. The van der Waals surface area contributed by atoms with Gasteiger partial charge in [0.25, 0.3) is 0 Å². The van der Waals surface area contributed by atoms with Crippen LogP contribution in [0.3, 0.4) is 0 Å². The van der Waals surface area contributed by atoms with Gasteiger partial charge in [-0.1, -0.05) is 109 Å².